The van der Waals surface area contributed by atoms with E-state index in [9.17, 15) is 4.79 Å². The zero-order valence-corrected chi connectivity index (χ0v) is 23.4. The van der Waals surface area contributed by atoms with Gasteiger partial charge in [-0.1, -0.05) is 90.4 Å². The molecule has 3 fully saturated rings. The number of hydrogen-bond donors (Lipinski definition) is 3. The summed E-state index contributed by atoms with van der Waals surface area (Å²) in [4.78, 5) is 12.1. The summed E-state index contributed by atoms with van der Waals surface area (Å²) < 4.78 is 29.8. The SMILES string of the molecule is CCCCCCCCCCCCCCCCNC(CC(=O)NO)[C@H]1O[C@@H]2OCO[C@@H]2[C@H]2OC(C)(C)O[C@H]21. The first-order valence-electron chi connectivity index (χ1n) is 14.9. The topological polar surface area (TPSA) is 108 Å². The van der Waals surface area contributed by atoms with Gasteiger partial charge in [0.15, 0.2) is 18.9 Å². The number of unbranched alkanes of at least 4 members (excludes halogenated alkanes) is 13. The van der Waals surface area contributed by atoms with Crippen LogP contribution in [0.25, 0.3) is 0 Å². The Morgan fingerprint density at radius 3 is 2.00 bits per heavy atom. The van der Waals surface area contributed by atoms with Crippen molar-refractivity contribution < 1.29 is 33.7 Å². The van der Waals surface area contributed by atoms with Gasteiger partial charge in [0.1, 0.15) is 24.4 Å². The highest BCUT2D eigenvalue weighted by molar-refractivity contribution is 5.75. The third kappa shape index (κ3) is 10.0. The second-order valence-electron chi connectivity index (χ2n) is 11.3. The molecule has 1 amide bonds. The minimum atomic E-state index is -0.782. The molecule has 1 unspecified atom stereocenters. The number of carbonyl (C=O) groups is 1. The molecule has 0 aromatic carbocycles. The first-order chi connectivity index (χ1) is 17.9. The molecule has 0 saturated carbocycles. The number of rotatable bonds is 19. The molecule has 0 aromatic heterocycles. The van der Waals surface area contributed by atoms with Crippen LogP contribution in [0, 0.1) is 0 Å². The lowest BCUT2D eigenvalue weighted by Crippen LogP contribution is -2.61. The van der Waals surface area contributed by atoms with Crippen molar-refractivity contribution in [1.82, 2.24) is 10.8 Å². The van der Waals surface area contributed by atoms with E-state index in [2.05, 4.69) is 12.2 Å². The predicted molar refractivity (Wildman–Crippen MR) is 140 cm³/mol. The van der Waals surface area contributed by atoms with Crippen LogP contribution in [0.5, 0.6) is 0 Å². The lowest BCUT2D eigenvalue weighted by atomic mass is 9.92. The lowest BCUT2D eigenvalue weighted by Gasteiger charge is -2.41. The van der Waals surface area contributed by atoms with E-state index in [1.165, 1.54) is 77.0 Å². The second-order valence-corrected chi connectivity index (χ2v) is 11.3. The molecule has 3 heterocycles. The number of amides is 1. The Labute approximate surface area is 223 Å². The molecule has 3 rings (SSSR count). The van der Waals surface area contributed by atoms with Crippen molar-refractivity contribution in [1.29, 1.82) is 0 Å². The van der Waals surface area contributed by atoms with Crippen LogP contribution in [-0.4, -0.2) is 67.0 Å². The first kappa shape index (κ1) is 30.7. The van der Waals surface area contributed by atoms with Crippen LogP contribution in [0.2, 0.25) is 0 Å². The van der Waals surface area contributed by atoms with Gasteiger partial charge in [-0.05, 0) is 26.8 Å². The third-order valence-electron chi connectivity index (χ3n) is 7.73. The van der Waals surface area contributed by atoms with E-state index < -0.39 is 30.2 Å². The Morgan fingerprint density at radius 1 is 0.838 bits per heavy atom. The maximum atomic E-state index is 12.1. The summed E-state index contributed by atoms with van der Waals surface area (Å²) >= 11 is 0. The van der Waals surface area contributed by atoms with E-state index >= 15 is 0 Å². The molecule has 0 aromatic rings. The van der Waals surface area contributed by atoms with E-state index in [1.807, 2.05) is 13.8 Å². The minimum absolute atomic E-state index is 0.0605. The molecule has 3 saturated heterocycles. The van der Waals surface area contributed by atoms with Gasteiger partial charge in [-0.25, -0.2) is 5.48 Å². The maximum absolute atomic E-state index is 12.1. The van der Waals surface area contributed by atoms with Crippen molar-refractivity contribution >= 4 is 5.91 Å². The van der Waals surface area contributed by atoms with Crippen LogP contribution >= 0.6 is 0 Å². The first-order valence-corrected chi connectivity index (χ1v) is 14.9. The van der Waals surface area contributed by atoms with Gasteiger partial charge >= 0.3 is 0 Å². The summed E-state index contributed by atoms with van der Waals surface area (Å²) in [6.45, 7) is 6.90. The van der Waals surface area contributed by atoms with Crippen molar-refractivity contribution in [3.05, 3.63) is 0 Å². The predicted octanol–water partition coefficient (Wildman–Crippen LogP) is 4.94. The van der Waals surface area contributed by atoms with E-state index in [4.69, 9.17) is 28.9 Å². The smallest absolute Gasteiger partial charge is 0.245 e. The summed E-state index contributed by atoms with van der Waals surface area (Å²) in [6.07, 6.45) is 16.3. The number of nitrogens with one attached hydrogen (secondary N) is 2. The van der Waals surface area contributed by atoms with E-state index in [-0.39, 0.29) is 31.5 Å². The van der Waals surface area contributed by atoms with Crippen LogP contribution in [0.1, 0.15) is 117 Å². The molecule has 0 bridgehead atoms. The second kappa shape index (κ2) is 16.3. The van der Waals surface area contributed by atoms with Crippen molar-refractivity contribution in [3.63, 3.8) is 0 Å². The molecule has 37 heavy (non-hydrogen) atoms. The summed E-state index contributed by atoms with van der Waals surface area (Å²) in [5, 5.41) is 12.6. The van der Waals surface area contributed by atoms with Gasteiger partial charge in [0, 0.05) is 12.5 Å². The van der Waals surface area contributed by atoms with Crippen molar-refractivity contribution in [2.75, 3.05) is 13.3 Å². The summed E-state index contributed by atoms with van der Waals surface area (Å²) in [5.41, 5.74) is 1.75. The number of hydroxylamine groups is 1. The van der Waals surface area contributed by atoms with Crippen molar-refractivity contribution in [2.45, 2.75) is 160 Å². The van der Waals surface area contributed by atoms with Crippen LogP contribution < -0.4 is 10.8 Å². The molecule has 9 nitrogen and oxygen atoms in total. The fraction of sp³-hybridized carbons (Fsp3) is 0.964. The standard InChI is InChI=1S/C28H52N2O7/c1-4-5-6-7-8-9-10-11-12-13-14-15-16-17-18-29-21(19-22(31)30-32)23-24-25(37-28(2,3)36-24)26-27(35-23)34-20-33-26/h21,23-27,29,32H,4-20H2,1-3H3,(H,30,31)/t21?,23-,24+,25+,26-,27+/m1/s1. The molecular weight excluding hydrogens is 476 g/mol. The number of fused-ring (bicyclic) bond motifs is 3. The van der Waals surface area contributed by atoms with Gasteiger partial charge in [0.25, 0.3) is 0 Å². The molecule has 3 aliphatic rings. The average molecular weight is 529 g/mol. The summed E-state index contributed by atoms with van der Waals surface area (Å²) in [5.74, 6) is -1.25. The number of ether oxygens (including phenoxy) is 5. The Hall–Kier alpha value is -0.810. The maximum Gasteiger partial charge on any atom is 0.245 e. The Morgan fingerprint density at radius 2 is 1.41 bits per heavy atom. The molecule has 216 valence electrons. The monoisotopic (exact) mass is 528 g/mol. The third-order valence-corrected chi connectivity index (χ3v) is 7.73. The highest BCUT2D eigenvalue weighted by atomic mass is 16.8. The summed E-state index contributed by atoms with van der Waals surface area (Å²) in [7, 11) is 0. The summed E-state index contributed by atoms with van der Waals surface area (Å²) in [6, 6.07) is -0.357. The normalized spacial score (nSPS) is 29.1. The molecule has 6 atom stereocenters. The van der Waals surface area contributed by atoms with E-state index in [0.717, 1.165) is 19.4 Å². The van der Waals surface area contributed by atoms with Gasteiger partial charge in [-0.3, -0.25) is 10.0 Å². The van der Waals surface area contributed by atoms with Crippen LogP contribution in [0.4, 0.5) is 0 Å². The van der Waals surface area contributed by atoms with Gasteiger partial charge in [-0.15, -0.1) is 0 Å². The number of carbonyl (C=O) groups excluding carboxylic acids is 1. The highest BCUT2D eigenvalue weighted by Gasteiger charge is 2.59. The molecule has 9 heteroatoms. The Kier molecular flexibility index (Phi) is 13.6. The van der Waals surface area contributed by atoms with Crippen LogP contribution in [-0.2, 0) is 28.5 Å². The zero-order valence-electron chi connectivity index (χ0n) is 23.4. The lowest BCUT2D eigenvalue weighted by molar-refractivity contribution is -0.227. The quantitative estimate of drug-likeness (QED) is 0.123. The van der Waals surface area contributed by atoms with Gasteiger partial charge in [0.2, 0.25) is 5.91 Å². The fourth-order valence-corrected chi connectivity index (χ4v) is 5.76. The highest BCUT2D eigenvalue weighted by Crippen LogP contribution is 2.41. The zero-order chi connectivity index (χ0) is 26.5. The van der Waals surface area contributed by atoms with E-state index in [0.29, 0.717) is 0 Å². The molecule has 3 N–H and O–H groups in total. The number of hydrogen-bond acceptors (Lipinski definition) is 8. The van der Waals surface area contributed by atoms with Gasteiger partial charge < -0.3 is 29.0 Å². The largest absolute Gasteiger partial charge is 0.344 e. The van der Waals surface area contributed by atoms with Crippen LogP contribution in [0.3, 0.4) is 0 Å². The van der Waals surface area contributed by atoms with E-state index in [1.54, 1.807) is 5.48 Å². The average Bonchev–Trinajstić information content (AvgIpc) is 3.48. The van der Waals surface area contributed by atoms with Gasteiger partial charge in [-0.2, -0.15) is 0 Å². The molecule has 0 spiro atoms. The molecule has 0 aliphatic carbocycles. The fourth-order valence-electron chi connectivity index (χ4n) is 5.76. The van der Waals surface area contributed by atoms with Crippen molar-refractivity contribution in [3.8, 4) is 0 Å². The van der Waals surface area contributed by atoms with Gasteiger partial charge in [0.05, 0.1) is 0 Å². The van der Waals surface area contributed by atoms with Crippen molar-refractivity contribution in [2.24, 2.45) is 0 Å². The Bertz CT molecular complexity index is 650. The molecule has 0 radical (unpaired) electrons. The molecule has 3 aliphatic heterocycles. The van der Waals surface area contributed by atoms with Crippen LogP contribution in [0.15, 0.2) is 0 Å². The molecular formula is C28H52N2O7. The minimum Gasteiger partial charge on any atom is -0.344 e. The Balaban J connectivity index is 1.33.